The van der Waals surface area contributed by atoms with Gasteiger partial charge in [-0.1, -0.05) is 0 Å². The molecule has 2 fully saturated rings. The minimum Gasteiger partial charge on any atom is -0.348 e. The van der Waals surface area contributed by atoms with Crippen LogP contribution in [0.25, 0.3) is 5.69 Å². The molecule has 0 radical (unpaired) electrons. The molecule has 0 bridgehead atoms. The summed E-state index contributed by atoms with van der Waals surface area (Å²) < 4.78 is 1.67. The third-order valence-corrected chi connectivity index (χ3v) is 4.37. The molecule has 1 saturated heterocycles. The van der Waals surface area contributed by atoms with Gasteiger partial charge in [0.2, 0.25) is 0 Å². The average molecular weight is 297 g/mol. The maximum atomic E-state index is 12.3. The van der Waals surface area contributed by atoms with Crippen molar-refractivity contribution in [3.05, 3.63) is 42.5 Å². The molecular weight excluding hydrogens is 278 g/mol. The van der Waals surface area contributed by atoms with Crippen LogP contribution in [0.15, 0.2) is 36.9 Å². The molecule has 1 atom stereocenters. The van der Waals surface area contributed by atoms with Gasteiger partial charge in [-0.2, -0.15) is 5.10 Å². The zero-order valence-electron chi connectivity index (χ0n) is 12.4. The van der Waals surface area contributed by atoms with Gasteiger partial charge in [0, 0.05) is 37.6 Å². The van der Waals surface area contributed by atoms with Crippen LogP contribution >= 0.6 is 0 Å². The maximum Gasteiger partial charge on any atom is 0.254 e. The lowest BCUT2D eigenvalue weighted by Crippen LogP contribution is -2.37. The van der Waals surface area contributed by atoms with Crippen LogP contribution in [0.4, 0.5) is 0 Å². The van der Waals surface area contributed by atoms with E-state index in [4.69, 9.17) is 0 Å². The summed E-state index contributed by atoms with van der Waals surface area (Å²) in [6.45, 7) is 2.08. The minimum atomic E-state index is -0.0437. The summed E-state index contributed by atoms with van der Waals surface area (Å²) >= 11 is 0. The molecule has 6 heteroatoms. The molecule has 22 heavy (non-hydrogen) atoms. The van der Waals surface area contributed by atoms with E-state index in [0.717, 1.165) is 31.2 Å². The van der Waals surface area contributed by atoms with Gasteiger partial charge < -0.3 is 5.32 Å². The molecule has 1 unspecified atom stereocenters. The van der Waals surface area contributed by atoms with Crippen molar-refractivity contribution >= 4 is 5.91 Å². The van der Waals surface area contributed by atoms with Gasteiger partial charge in [-0.15, -0.1) is 0 Å². The van der Waals surface area contributed by atoms with Crippen molar-refractivity contribution in [2.45, 2.75) is 31.3 Å². The maximum absolute atomic E-state index is 12.3. The zero-order valence-corrected chi connectivity index (χ0v) is 12.4. The zero-order chi connectivity index (χ0) is 14.9. The third-order valence-electron chi connectivity index (χ3n) is 4.37. The van der Waals surface area contributed by atoms with E-state index < -0.39 is 0 Å². The van der Waals surface area contributed by atoms with Crippen molar-refractivity contribution in [3.8, 4) is 5.69 Å². The predicted octanol–water partition coefficient (Wildman–Crippen LogP) is 1.23. The fourth-order valence-electron chi connectivity index (χ4n) is 3.02. The van der Waals surface area contributed by atoms with Crippen molar-refractivity contribution in [2.24, 2.45) is 0 Å². The molecule has 4 rings (SSSR count). The summed E-state index contributed by atoms with van der Waals surface area (Å²) in [5.74, 6) is -0.0437. The van der Waals surface area contributed by atoms with Crippen molar-refractivity contribution in [2.75, 3.05) is 13.1 Å². The second-order valence-electron chi connectivity index (χ2n) is 6.07. The van der Waals surface area contributed by atoms with Crippen LogP contribution in [-0.2, 0) is 0 Å². The molecule has 2 aromatic rings. The fourth-order valence-corrected chi connectivity index (χ4v) is 3.02. The average Bonchev–Trinajstić information content (AvgIpc) is 3.10. The number of hydrogen-bond acceptors (Lipinski definition) is 4. The molecule has 3 heterocycles. The van der Waals surface area contributed by atoms with Crippen molar-refractivity contribution in [3.63, 3.8) is 0 Å². The highest BCUT2D eigenvalue weighted by Crippen LogP contribution is 2.29. The third kappa shape index (κ3) is 2.74. The van der Waals surface area contributed by atoms with Gasteiger partial charge in [0.15, 0.2) is 0 Å². The van der Waals surface area contributed by atoms with E-state index in [-0.39, 0.29) is 11.9 Å². The van der Waals surface area contributed by atoms with Crippen LogP contribution in [0.5, 0.6) is 0 Å². The smallest absolute Gasteiger partial charge is 0.254 e. The van der Waals surface area contributed by atoms with Gasteiger partial charge in [0.05, 0.1) is 23.6 Å². The van der Waals surface area contributed by atoms with E-state index in [1.165, 1.54) is 12.8 Å². The first-order valence-electron chi connectivity index (χ1n) is 7.79. The number of carbonyl (C=O) groups excluding carboxylic acids is 1. The van der Waals surface area contributed by atoms with Crippen LogP contribution < -0.4 is 5.32 Å². The van der Waals surface area contributed by atoms with Gasteiger partial charge in [-0.25, -0.2) is 4.68 Å². The Morgan fingerprint density at radius 1 is 1.27 bits per heavy atom. The number of rotatable bonds is 4. The second kappa shape index (κ2) is 5.53. The largest absolute Gasteiger partial charge is 0.348 e. The molecule has 114 valence electrons. The predicted molar refractivity (Wildman–Crippen MR) is 81.8 cm³/mol. The molecule has 2 aliphatic rings. The van der Waals surface area contributed by atoms with E-state index in [1.807, 2.05) is 12.1 Å². The standard InChI is InChI=1S/C16H19N5O/c22-16(19-13-5-7-20(11-13)14-3-4-14)12-8-18-21(10-12)15-2-1-6-17-9-15/h1-2,6,8-10,13-14H,3-5,7,11H2,(H,19,22). The van der Waals surface area contributed by atoms with Crippen LogP contribution in [0.3, 0.4) is 0 Å². The van der Waals surface area contributed by atoms with Crippen LogP contribution in [0.1, 0.15) is 29.6 Å². The highest BCUT2D eigenvalue weighted by Gasteiger charge is 2.34. The highest BCUT2D eigenvalue weighted by atomic mass is 16.1. The topological polar surface area (TPSA) is 63.1 Å². The lowest BCUT2D eigenvalue weighted by atomic mass is 10.2. The molecule has 1 saturated carbocycles. The normalized spacial score (nSPS) is 21.9. The summed E-state index contributed by atoms with van der Waals surface area (Å²) in [5.41, 5.74) is 1.44. The Kier molecular flexibility index (Phi) is 3.38. The first-order chi connectivity index (χ1) is 10.8. The van der Waals surface area contributed by atoms with E-state index in [9.17, 15) is 4.79 Å². The van der Waals surface area contributed by atoms with Gasteiger partial charge in [0.25, 0.3) is 5.91 Å². The van der Waals surface area contributed by atoms with Crippen LogP contribution in [-0.4, -0.2) is 50.7 Å². The van der Waals surface area contributed by atoms with Gasteiger partial charge in [-0.3, -0.25) is 14.7 Å². The van der Waals surface area contributed by atoms with Gasteiger partial charge in [-0.05, 0) is 31.4 Å². The lowest BCUT2D eigenvalue weighted by molar-refractivity contribution is 0.0937. The Balaban J connectivity index is 1.40. The molecule has 1 amide bonds. The molecule has 1 aliphatic carbocycles. The molecule has 0 aromatic carbocycles. The van der Waals surface area contributed by atoms with E-state index in [2.05, 4.69) is 20.3 Å². The monoisotopic (exact) mass is 297 g/mol. The Hall–Kier alpha value is -2.21. The van der Waals surface area contributed by atoms with E-state index in [0.29, 0.717) is 5.56 Å². The number of pyridine rings is 1. The first kappa shape index (κ1) is 13.5. The lowest BCUT2D eigenvalue weighted by Gasteiger charge is -2.15. The molecule has 1 aliphatic heterocycles. The number of carbonyl (C=O) groups is 1. The number of nitrogens with one attached hydrogen (secondary N) is 1. The van der Waals surface area contributed by atoms with Crippen molar-refractivity contribution in [1.29, 1.82) is 0 Å². The summed E-state index contributed by atoms with van der Waals surface area (Å²) in [6.07, 6.45) is 10.5. The Labute approximate surface area is 129 Å². The van der Waals surface area contributed by atoms with Crippen molar-refractivity contribution in [1.82, 2.24) is 25.0 Å². The Bertz CT molecular complexity index is 664. The summed E-state index contributed by atoms with van der Waals surface area (Å²) in [7, 11) is 0. The van der Waals surface area contributed by atoms with Gasteiger partial charge in [0.1, 0.15) is 0 Å². The van der Waals surface area contributed by atoms with Crippen LogP contribution in [0, 0.1) is 0 Å². The number of likely N-dealkylation sites (tertiary alicyclic amines) is 1. The van der Waals surface area contributed by atoms with Gasteiger partial charge >= 0.3 is 0 Å². The summed E-state index contributed by atoms with van der Waals surface area (Å²) in [4.78, 5) is 18.9. The first-order valence-corrected chi connectivity index (χ1v) is 7.79. The molecule has 2 aromatic heterocycles. The SMILES string of the molecule is O=C(NC1CCN(C2CC2)C1)c1cnn(-c2cccnc2)c1. The summed E-state index contributed by atoms with van der Waals surface area (Å²) in [5, 5.41) is 7.36. The number of hydrogen-bond donors (Lipinski definition) is 1. The van der Waals surface area contributed by atoms with E-state index >= 15 is 0 Å². The summed E-state index contributed by atoms with van der Waals surface area (Å²) in [6, 6.07) is 4.79. The van der Waals surface area contributed by atoms with Crippen molar-refractivity contribution < 1.29 is 4.79 Å². The number of amides is 1. The molecular formula is C16H19N5O. The quantitative estimate of drug-likeness (QED) is 0.922. The Morgan fingerprint density at radius 3 is 2.95 bits per heavy atom. The number of nitrogens with zero attached hydrogens (tertiary/aromatic N) is 4. The minimum absolute atomic E-state index is 0.0437. The fraction of sp³-hybridized carbons (Fsp3) is 0.438. The van der Waals surface area contributed by atoms with E-state index in [1.54, 1.807) is 29.5 Å². The second-order valence-corrected chi connectivity index (χ2v) is 6.07. The number of aromatic nitrogens is 3. The molecule has 1 N–H and O–H groups in total. The Morgan fingerprint density at radius 2 is 2.18 bits per heavy atom. The molecule has 0 spiro atoms. The highest BCUT2D eigenvalue weighted by molar-refractivity contribution is 5.94. The molecule has 6 nitrogen and oxygen atoms in total. The van der Waals surface area contributed by atoms with Crippen LogP contribution in [0.2, 0.25) is 0 Å².